The Kier molecular flexibility index (Phi) is 4.23. The van der Waals surface area contributed by atoms with Gasteiger partial charge in [0, 0.05) is 24.8 Å². The number of hydrogen-bond acceptors (Lipinski definition) is 3. The van der Waals surface area contributed by atoms with E-state index in [-0.39, 0.29) is 0 Å². The van der Waals surface area contributed by atoms with E-state index in [0.29, 0.717) is 12.6 Å². The van der Waals surface area contributed by atoms with Crippen LogP contribution in [0.1, 0.15) is 44.9 Å². The maximum atomic E-state index is 5.79. The first-order valence-electron chi connectivity index (χ1n) is 7.10. The van der Waals surface area contributed by atoms with E-state index in [2.05, 4.69) is 37.8 Å². The maximum absolute atomic E-state index is 5.79. The molecule has 1 saturated heterocycles. The van der Waals surface area contributed by atoms with Crippen molar-refractivity contribution in [3.8, 4) is 0 Å². The van der Waals surface area contributed by atoms with E-state index in [1.165, 1.54) is 18.4 Å². The molecule has 0 amide bonds. The summed E-state index contributed by atoms with van der Waals surface area (Å²) in [6.07, 6.45) is 3.56. The lowest BCUT2D eigenvalue weighted by Gasteiger charge is -2.38. The highest BCUT2D eigenvalue weighted by Crippen LogP contribution is 2.27. The number of nitrogens with zero attached hydrogens (tertiary/aromatic N) is 2. The fourth-order valence-electron chi connectivity index (χ4n) is 2.69. The summed E-state index contributed by atoms with van der Waals surface area (Å²) in [6, 6.07) is 4.88. The van der Waals surface area contributed by atoms with Crippen molar-refractivity contribution in [3.63, 3.8) is 0 Å². The maximum Gasteiger partial charge on any atom is 0.129 e. The van der Waals surface area contributed by atoms with Gasteiger partial charge in [0.25, 0.3) is 0 Å². The first-order valence-corrected chi connectivity index (χ1v) is 7.10. The lowest BCUT2D eigenvalue weighted by Crippen LogP contribution is -2.41. The molecule has 0 bridgehead atoms. The molecule has 1 fully saturated rings. The molecule has 18 heavy (non-hydrogen) atoms. The van der Waals surface area contributed by atoms with Gasteiger partial charge in [-0.2, -0.15) is 0 Å². The second-order valence-electron chi connectivity index (χ2n) is 5.57. The number of piperidine rings is 1. The van der Waals surface area contributed by atoms with E-state index in [1.54, 1.807) is 0 Å². The van der Waals surface area contributed by atoms with Crippen LogP contribution < -0.4 is 10.6 Å². The molecular weight excluding hydrogens is 222 g/mol. The van der Waals surface area contributed by atoms with Crippen LogP contribution in [0.25, 0.3) is 0 Å². The lowest BCUT2D eigenvalue weighted by atomic mass is 9.95. The highest BCUT2D eigenvalue weighted by Gasteiger charge is 2.24. The van der Waals surface area contributed by atoms with Crippen LogP contribution in [0.4, 0.5) is 5.82 Å². The second-order valence-corrected chi connectivity index (χ2v) is 5.57. The molecule has 1 aliphatic rings. The molecule has 0 radical (unpaired) electrons. The van der Waals surface area contributed by atoms with Gasteiger partial charge in [-0.15, -0.1) is 0 Å². The van der Waals surface area contributed by atoms with Crippen LogP contribution in [0, 0.1) is 5.92 Å². The molecule has 0 saturated carbocycles. The van der Waals surface area contributed by atoms with Crippen molar-refractivity contribution in [2.24, 2.45) is 11.7 Å². The van der Waals surface area contributed by atoms with Crippen molar-refractivity contribution in [2.75, 3.05) is 11.4 Å². The topological polar surface area (TPSA) is 42.1 Å². The third-order valence-electron chi connectivity index (χ3n) is 3.93. The standard InChI is InChI=1S/C15H25N3/c1-4-14-7-13(9-16)8-15(17-14)18-10-11(2)5-6-12(18)3/h7-8,11-12H,4-6,9-10,16H2,1-3H3. The number of hydrogen-bond donors (Lipinski definition) is 1. The van der Waals surface area contributed by atoms with E-state index >= 15 is 0 Å². The van der Waals surface area contributed by atoms with Crippen LogP contribution >= 0.6 is 0 Å². The van der Waals surface area contributed by atoms with Crippen molar-refractivity contribution >= 4 is 5.82 Å². The SMILES string of the molecule is CCc1cc(CN)cc(N2CC(C)CCC2C)n1. The molecule has 2 N–H and O–H groups in total. The molecule has 0 aliphatic carbocycles. The third-order valence-corrected chi connectivity index (χ3v) is 3.93. The minimum absolute atomic E-state index is 0.589. The summed E-state index contributed by atoms with van der Waals surface area (Å²) < 4.78 is 0. The summed E-state index contributed by atoms with van der Waals surface area (Å²) in [6.45, 7) is 8.49. The van der Waals surface area contributed by atoms with E-state index < -0.39 is 0 Å². The Morgan fingerprint density at radius 3 is 2.78 bits per heavy atom. The van der Waals surface area contributed by atoms with Gasteiger partial charge in [0.1, 0.15) is 5.82 Å². The van der Waals surface area contributed by atoms with E-state index in [4.69, 9.17) is 10.7 Å². The molecule has 3 nitrogen and oxygen atoms in total. The zero-order chi connectivity index (χ0) is 13.1. The molecular formula is C15H25N3. The Labute approximate surface area is 110 Å². The van der Waals surface area contributed by atoms with Crippen LogP contribution in [0.3, 0.4) is 0 Å². The van der Waals surface area contributed by atoms with E-state index in [9.17, 15) is 0 Å². The van der Waals surface area contributed by atoms with Gasteiger partial charge in [-0.25, -0.2) is 4.98 Å². The van der Waals surface area contributed by atoms with E-state index in [0.717, 1.165) is 30.4 Å². The highest BCUT2D eigenvalue weighted by molar-refractivity contribution is 5.44. The van der Waals surface area contributed by atoms with Gasteiger partial charge in [-0.05, 0) is 49.8 Å². The number of aryl methyl sites for hydroxylation is 1. The summed E-state index contributed by atoms with van der Waals surface area (Å²) >= 11 is 0. The smallest absolute Gasteiger partial charge is 0.129 e. The summed E-state index contributed by atoms with van der Waals surface area (Å²) in [5, 5.41) is 0. The van der Waals surface area contributed by atoms with Gasteiger partial charge in [0.15, 0.2) is 0 Å². The lowest BCUT2D eigenvalue weighted by molar-refractivity contribution is 0.388. The quantitative estimate of drug-likeness (QED) is 0.893. The molecule has 1 aliphatic heterocycles. The number of pyridine rings is 1. The number of anilines is 1. The van der Waals surface area contributed by atoms with Gasteiger partial charge in [0.05, 0.1) is 0 Å². The molecule has 0 aromatic carbocycles. The van der Waals surface area contributed by atoms with Crippen molar-refractivity contribution in [1.82, 2.24) is 4.98 Å². The number of aromatic nitrogens is 1. The predicted molar refractivity (Wildman–Crippen MR) is 76.7 cm³/mol. The Balaban J connectivity index is 2.30. The Morgan fingerprint density at radius 1 is 1.33 bits per heavy atom. The fourth-order valence-corrected chi connectivity index (χ4v) is 2.69. The predicted octanol–water partition coefficient (Wildman–Crippen LogP) is 2.73. The van der Waals surface area contributed by atoms with Crippen LogP contribution in [0.15, 0.2) is 12.1 Å². The average molecular weight is 247 g/mol. The molecule has 1 aromatic rings. The average Bonchev–Trinajstić information content (AvgIpc) is 2.40. The Bertz CT molecular complexity index is 380. The highest BCUT2D eigenvalue weighted by atomic mass is 15.2. The molecule has 2 atom stereocenters. The zero-order valence-corrected chi connectivity index (χ0v) is 11.8. The first-order chi connectivity index (χ1) is 8.63. The largest absolute Gasteiger partial charge is 0.354 e. The van der Waals surface area contributed by atoms with Crippen molar-refractivity contribution in [1.29, 1.82) is 0 Å². The molecule has 3 heteroatoms. The fraction of sp³-hybridized carbons (Fsp3) is 0.667. The number of rotatable bonds is 3. The molecule has 0 spiro atoms. The summed E-state index contributed by atoms with van der Waals surface area (Å²) in [5.41, 5.74) is 8.14. The van der Waals surface area contributed by atoms with E-state index in [1.807, 2.05) is 0 Å². The van der Waals surface area contributed by atoms with Gasteiger partial charge in [-0.3, -0.25) is 0 Å². The van der Waals surface area contributed by atoms with Crippen LogP contribution in [-0.4, -0.2) is 17.6 Å². The molecule has 2 rings (SSSR count). The molecule has 2 heterocycles. The van der Waals surface area contributed by atoms with Crippen LogP contribution in [0.2, 0.25) is 0 Å². The van der Waals surface area contributed by atoms with Gasteiger partial charge in [0.2, 0.25) is 0 Å². The number of nitrogens with two attached hydrogens (primary N) is 1. The summed E-state index contributed by atoms with van der Waals surface area (Å²) in [5.74, 6) is 1.88. The second kappa shape index (κ2) is 5.70. The van der Waals surface area contributed by atoms with Crippen LogP contribution in [-0.2, 0) is 13.0 Å². The molecule has 2 unspecified atom stereocenters. The van der Waals surface area contributed by atoms with Gasteiger partial charge < -0.3 is 10.6 Å². The van der Waals surface area contributed by atoms with Gasteiger partial charge >= 0.3 is 0 Å². The van der Waals surface area contributed by atoms with Crippen LogP contribution in [0.5, 0.6) is 0 Å². The minimum atomic E-state index is 0.589. The van der Waals surface area contributed by atoms with Crippen molar-refractivity contribution in [2.45, 2.75) is 52.6 Å². The van der Waals surface area contributed by atoms with Crippen molar-refractivity contribution < 1.29 is 0 Å². The third kappa shape index (κ3) is 2.83. The summed E-state index contributed by atoms with van der Waals surface area (Å²) in [4.78, 5) is 7.23. The molecule has 1 aromatic heterocycles. The zero-order valence-electron chi connectivity index (χ0n) is 11.8. The summed E-state index contributed by atoms with van der Waals surface area (Å²) in [7, 11) is 0. The monoisotopic (exact) mass is 247 g/mol. The normalized spacial score (nSPS) is 24.3. The Morgan fingerprint density at radius 2 is 2.11 bits per heavy atom. The van der Waals surface area contributed by atoms with Crippen molar-refractivity contribution in [3.05, 3.63) is 23.4 Å². The molecule has 100 valence electrons. The Hall–Kier alpha value is -1.09. The first kappa shape index (κ1) is 13.3. The minimum Gasteiger partial charge on any atom is -0.354 e. The van der Waals surface area contributed by atoms with Gasteiger partial charge in [-0.1, -0.05) is 13.8 Å².